The molecular formula is C10H7NO5S2. The molecule has 18 heavy (non-hydrogen) atoms. The number of pyridine rings is 1. The van der Waals surface area contributed by atoms with Gasteiger partial charge in [0.1, 0.15) is 0 Å². The number of carbonyl (C=O) groups is 2. The largest absolute Gasteiger partial charge is 0.505 e. The maximum absolute atomic E-state index is 11.0. The zero-order valence-corrected chi connectivity index (χ0v) is 10.4. The Kier molecular flexibility index (Phi) is 2.91. The Morgan fingerprint density at radius 1 is 1.11 bits per heavy atom. The zero-order valence-electron chi connectivity index (χ0n) is 8.65. The monoisotopic (exact) mass is 285 g/mol. The molecule has 0 aliphatic carbocycles. The third kappa shape index (κ3) is 1.70. The summed E-state index contributed by atoms with van der Waals surface area (Å²) in [5, 5.41) is 27.9. The minimum absolute atomic E-state index is 0.132. The van der Waals surface area contributed by atoms with E-state index in [1.54, 1.807) is 0 Å². The van der Waals surface area contributed by atoms with Crippen molar-refractivity contribution >= 4 is 42.7 Å². The summed E-state index contributed by atoms with van der Waals surface area (Å²) in [4.78, 5) is 22.1. The van der Waals surface area contributed by atoms with Gasteiger partial charge < -0.3 is 19.7 Å². The average Bonchev–Trinajstić information content (AvgIpc) is 2.53. The van der Waals surface area contributed by atoms with Crippen LogP contribution in [0.2, 0.25) is 0 Å². The summed E-state index contributed by atoms with van der Waals surface area (Å²) in [7, 11) is 0. The van der Waals surface area contributed by atoms with Crippen LogP contribution >= 0.6 is 25.3 Å². The molecule has 94 valence electrons. The lowest BCUT2D eigenvalue weighted by Crippen LogP contribution is -2.09. The van der Waals surface area contributed by atoms with Gasteiger partial charge in [-0.25, -0.2) is 9.59 Å². The summed E-state index contributed by atoms with van der Waals surface area (Å²) in [5.41, 5.74) is -0.675. The van der Waals surface area contributed by atoms with Gasteiger partial charge in [0.15, 0.2) is 5.75 Å². The lowest BCUT2D eigenvalue weighted by Gasteiger charge is -2.04. The first kappa shape index (κ1) is 12.7. The lowest BCUT2D eigenvalue weighted by atomic mass is 10.1. The maximum Gasteiger partial charge on any atom is 0.338 e. The Morgan fingerprint density at radius 2 is 1.67 bits per heavy atom. The van der Waals surface area contributed by atoms with Crippen molar-refractivity contribution in [1.29, 1.82) is 0 Å². The van der Waals surface area contributed by atoms with Gasteiger partial charge in [-0.15, -0.1) is 25.3 Å². The summed E-state index contributed by atoms with van der Waals surface area (Å²) in [6, 6.07) is 1.07. The van der Waals surface area contributed by atoms with E-state index < -0.39 is 23.1 Å². The van der Waals surface area contributed by atoms with Crippen LogP contribution in [-0.4, -0.2) is 31.7 Å². The molecule has 0 amide bonds. The van der Waals surface area contributed by atoms with E-state index in [1.807, 2.05) is 0 Å². The highest BCUT2D eigenvalue weighted by Gasteiger charge is 2.21. The molecule has 8 heteroatoms. The fourth-order valence-corrected chi connectivity index (χ4v) is 2.09. The number of hydrogen-bond acceptors (Lipinski definition) is 5. The van der Waals surface area contributed by atoms with Gasteiger partial charge in [-0.2, -0.15) is 0 Å². The van der Waals surface area contributed by atoms with E-state index in [-0.39, 0.29) is 21.2 Å². The number of carboxylic acid groups (broad SMARTS) is 2. The van der Waals surface area contributed by atoms with Crippen molar-refractivity contribution in [2.24, 2.45) is 0 Å². The van der Waals surface area contributed by atoms with Gasteiger partial charge in [0.05, 0.1) is 26.6 Å². The van der Waals surface area contributed by atoms with Crippen molar-refractivity contribution in [3.63, 3.8) is 0 Å². The van der Waals surface area contributed by atoms with Gasteiger partial charge >= 0.3 is 11.9 Å². The van der Waals surface area contributed by atoms with Gasteiger partial charge in [0.25, 0.3) is 0 Å². The summed E-state index contributed by atoms with van der Waals surface area (Å²) in [5.74, 6) is -3.02. The van der Waals surface area contributed by atoms with Crippen molar-refractivity contribution in [3.05, 3.63) is 23.4 Å². The topological polar surface area (TPSA) is 99.2 Å². The molecule has 3 N–H and O–H groups in total. The fraction of sp³-hybridized carbons (Fsp3) is 0. The number of carboxylic acids is 2. The predicted octanol–water partition coefficient (Wildman–Crippen LogP) is 1.62. The third-order valence-electron chi connectivity index (χ3n) is 2.46. The average molecular weight is 285 g/mol. The smallest absolute Gasteiger partial charge is 0.338 e. The normalized spacial score (nSPS) is 10.8. The number of nitrogens with zero attached hydrogens (tertiary/aromatic N) is 1. The molecule has 0 atom stereocenters. The molecule has 2 aromatic rings. The second-order valence-electron chi connectivity index (χ2n) is 3.49. The third-order valence-corrected chi connectivity index (χ3v) is 3.50. The fourth-order valence-electron chi connectivity index (χ4n) is 1.60. The molecule has 6 nitrogen and oxygen atoms in total. The van der Waals surface area contributed by atoms with E-state index in [0.29, 0.717) is 0 Å². The van der Waals surface area contributed by atoms with Crippen LogP contribution in [-0.2, 0) is 0 Å². The molecule has 0 spiro atoms. The van der Waals surface area contributed by atoms with Gasteiger partial charge in [-0.1, -0.05) is 0 Å². The molecular weight excluding hydrogens is 278 g/mol. The number of rotatable bonds is 2. The van der Waals surface area contributed by atoms with E-state index >= 15 is 0 Å². The quantitative estimate of drug-likeness (QED) is 0.540. The summed E-state index contributed by atoms with van der Waals surface area (Å²) in [6.45, 7) is 0. The first-order valence-corrected chi connectivity index (χ1v) is 5.49. The SMILES string of the molecule is O=C(O)c1cc2c(O)c(S)c(S)n2cc1C(=O)O. The number of fused-ring (bicyclic) bond motifs is 1. The van der Waals surface area contributed by atoms with E-state index in [0.717, 1.165) is 12.3 Å². The highest BCUT2D eigenvalue weighted by Crippen LogP contribution is 2.36. The van der Waals surface area contributed by atoms with E-state index in [1.165, 1.54) is 4.40 Å². The van der Waals surface area contributed by atoms with Gasteiger partial charge in [0.2, 0.25) is 0 Å². The number of hydrogen-bond donors (Lipinski definition) is 5. The van der Waals surface area contributed by atoms with Crippen molar-refractivity contribution in [3.8, 4) is 5.75 Å². The highest BCUT2D eigenvalue weighted by molar-refractivity contribution is 7.83. The lowest BCUT2D eigenvalue weighted by molar-refractivity contribution is 0.0651. The Bertz CT molecular complexity index is 634. The maximum atomic E-state index is 11.0. The second-order valence-corrected chi connectivity index (χ2v) is 4.36. The van der Waals surface area contributed by atoms with Gasteiger partial charge in [0, 0.05) is 6.20 Å². The van der Waals surface area contributed by atoms with Crippen LogP contribution in [0.25, 0.3) is 5.52 Å². The van der Waals surface area contributed by atoms with Crippen molar-refractivity contribution < 1.29 is 24.9 Å². The van der Waals surface area contributed by atoms with Crippen molar-refractivity contribution in [2.45, 2.75) is 9.92 Å². The molecule has 0 aromatic carbocycles. The summed E-state index contributed by atoms with van der Waals surface area (Å²) < 4.78 is 1.26. The van der Waals surface area contributed by atoms with Gasteiger partial charge in [-0.05, 0) is 6.07 Å². The van der Waals surface area contributed by atoms with Crippen LogP contribution < -0.4 is 0 Å². The van der Waals surface area contributed by atoms with E-state index in [9.17, 15) is 14.7 Å². The minimum atomic E-state index is -1.39. The number of aromatic hydroxyl groups is 1. The molecule has 2 rings (SSSR count). The van der Waals surface area contributed by atoms with Crippen LogP contribution in [0.4, 0.5) is 0 Å². The summed E-state index contributed by atoms with van der Waals surface area (Å²) in [6.07, 6.45) is 1.09. The van der Waals surface area contributed by atoms with Crippen molar-refractivity contribution in [2.75, 3.05) is 0 Å². The molecule has 0 saturated carbocycles. The Morgan fingerprint density at radius 3 is 2.17 bits per heavy atom. The highest BCUT2D eigenvalue weighted by atomic mass is 32.1. The number of aromatic nitrogens is 1. The molecule has 2 heterocycles. The standard InChI is InChI=1S/C10H7NO5S2/c12-6-5-1-3(9(13)14)4(10(15)16)2-11(5)8(18)7(6)17/h1-2,12,17-18H,(H,13,14)(H,15,16). The van der Waals surface area contributed by atoms with Crippen LogP contribution in [0.15, 0.2) is 22.2 Å². The molecule has 0 aliphatic rings. The molecule has 0 fully saturated rings. The van der Waals surface area contributed by atoms with Crippen molar-refractivity contribution in [1.82, 2.24) is 4.40 Å². The predicted molar refractivity (Wildman–Crippen MR) is 67.5 cm³/mol. The second kappa shape index (κ2) is 4.14. The van der Waals surface area contributed by atoms with Crippen LogP contribution in [0, 0.1) is 0 Å². The number of aromatic carboxylic acids is 2. The van der Waals surface area contributed by atoms with E-state index in [4.69, 9.17) is 10.2 Å². The van der Waals surface area contributed by atoms with Crippen LogP contribution in [0.1, 0.15) is 20.7 Å². The minimum Gasteiger partial charge on any atom is -0.505 e. The molecule has 0 bridgehead atoms. The van der Waals surface area contributed by atoms with E-state index in [2.05, 4.69) is 25.3 Å². The molecule has 2 aromatic heterocycles. The van der Waals surface area contributed by atoms with Gasteiger partial charge in [-0.3, -0.25) is 0 Å². The zero-order chi connectivity index (χ0) is 13.6. The molecule has 0 aliphatic heterocycles. The number of thiol groups is 2. The molecule has 0 unspecified atom stereocenters. The molecule has 0 saturated heterocycles. The Balaban J connectivity index is 2.94. The summed E-state index contributed by atoms with van der Waals surface area (Å²) >= 11 is 8.07. The van der Waals surface area contributed by atoms with Crippen LogP contribution in [0.5, 0.6) is 5.75 Å². The Labute approximate surface area is 111 Å². The Hall–Kier alpha value is -1.80. The first-order chi connectivity index (χ1) is 8.34. The van der Waals surface area contributed by atoms with Crippen LogP contribution in [0.3, 0.4) is 0 Å². The first-order valence-electron chi connectivity index (χ1n) is 4.60. The molecule has 0 radical (unpaired) electrons.